The van der Waals surface area contributed by atoms with Crippen molar-refractivity contribution in [3.8, 4) is 0 Å². The van der Waals surface area contributed by atoms with E-state index in [1.807, 2.05) is 43.3 Å². The summed E-state index contributed by atoms with van der Waals surface area (Å²) in [5.41, 5.74) is 2.00. The largest absolute Gasteiger partial charge is 0.474 e. The fourth-order valence-corrected chi connectivity index (χ4v) is 1.96. The Bertz CT molecular complexity index is 406. The molecular formula is C12H17O4P. The summed E-state index contributed by atoms with van der Waals surface area (Å²) < 4.78 is 26.1. The van der Waals surface area contributed by atoms with E-state index in [-0.39, 0.29) is 6.61 Å². The Morgan fingerprint density at radius 3 is 2.35 bits per heavy atom. The third-order valence-corrected chi connectivity index (χ3v) is 3.45. The fraction of sp³-hybridized carbons (Fsp3) is 0.333. The molecule has 0 heterocycles. The second kappa shape index (κ2) is 6.72. The summed E-state index contributed by atoms with van der Waals surface area (Å²) in [6.45, 7) is 2.09. The predicted octanol–water partition coefficient (Wildman–Crippen LogP) is 3.51. The van der Waals surface area contributed by atoms with Crippen molar-refractivity contribution >= 4 is 13.9 Å². The average Bonchev–Trinajstić information content (AvgIpc) is 2.37. The van der Waals surface area contributed by atoms with E-state index >= 15 is 0 Å². The molecule has 0 saturated carbocycles. The predicted molar refractivity (Wildman–Crippen MR) is 67.7 cm³/mol. The lowest BCUT2D eigenvalue weighted by Gasteiger charge is -2.13. The molecule has 0 aromatic heterocycles. The first kappa shape index (κ1) is 14.1. The zero-order chi connectivity index (χ0) is 12.7. The number of benzene rings is 1. The number of hydrogen-bond donors (Lipinski definition) is 0. The molecule has 0 saturated heterocycles. The normalized spacial score (nSPS) is 12.8. The van der Waals surface area contributed by atoms with Crippen molar-refractivity contribution in [1.82, 2.24) is 0 Å². The van der Waals surface area contributed by atoms with Crippen LogP contribution in [0.25, 0.3) is 6.08 Å². The van der Waals surface area contributed by atoms with Gasteiger partial charge >= 0.3 is 7.82 Å². The molecule has 0 aliphatic rings. The molecule has 1 aromatic rings. The Balaban J connectivity index is 2.59. The van der Waals surface area contributed by atoms with Crippen molar-refractivity contribution in [3.63, 3.8) is 0 Å². The topological polar surface area (TPSA) is 44.8 Å². The second-order valence-electron chi connectivity index (χ2n) is 3.49. The van der Waals surface area contributed by atoms with Gasteiger partial charge in [-0.1, -0.05) is 36.4 Å². The Morgan fingerprint density at radius 2 is 1.82 bits per heavy atom. The molecule has 0 unspecified atom stereocenters. The minimum Gasteiger partial charge on any atom is -0.290 e. The molecule has 0 amide bonds. The van der Waals surface area contributed by atoms with E-state index in [1.165, 1.54) is 14.2 Å². The summed E-state index contributed by atoms with van der Waals surface area (Å²) in [6.07, 6.45) is 1.95. The quantitative estimate of drug-likeness (QED) is 0.730. The minimum atomic E-state index is -3.38. The van der Waals surface area contributed by atoms with Crippen LogP contribution in [-0.4, -0.2) is 20.8 Å². The zero-order valence-corrected chi connectivity index (χ0v) is 11.1. The first-order chi connectivity index (χ1) is 8.09. The summed E-state index contributed by atoms with van der Waals surface area (Å²) in [7, 11) is -0.796. The van der Waals surface area contributed by atoms with Gasteiger partial charge in [0.25, 0.3) is 0 Å². The van der Waals surface area contributed by atoms with Crippen LogP contribution in [0.5, 0.6) is 0 Å². The van der Waals surface area contributed by atoms with Gasteiger partial charge in [-0.05, 0) is 18.1 Å². The molecule has 4 nitrogen and oxygen atoms in total. The summed E-state index contributed by atoms with van der Waals surface area (Å²) in [6, 6.07) is 9.82. The van der Waals surface area contributed by atoms with Crippen LogP contribution in [0.1, 0.15) is 12.5 Å². The molecule has 0 radical (unpaired) electrons. The molecule has 0 N–H and O–H groups in total. The third-order valence-electron chi connectivity index (χ3n) is 2.11. The van der Waals surface area contributed by atoms with Gasteiger partial charge in [-0.2, -0.15) is 0 Å². The van der Waals surface area contributed by atoms with E-state index < -0.39 is 7.82 Å². The van der Waals surface area contributed by atoms with Crippen LogP contribution in [0.3, 0.4) is 0 Å². The fourth-order valence-electron chi connectivity index (χ4n) is 1.24. The van der Waals surface area contributed by atoms with Crippen LogP contribution >= 0.6 is 7.82 Å². The third kappa shape index (κ3) is 4.84. The molecule has 0 spiro atoms. The highest BCUT2D eigenvalue weighted by atomic mass is 31.2. The van der Waals surface area contributed by atoms with E-state index in [2.05, 4.69) is 9.05 Å². The maximum Gasteiger partial charge on any atom is 0.474 e. The number of rotatable bonds is 6. The standard InChI is InChI=1S/C12H17O4P/c1-11(9-12-7-5-4-6-8-12)10-16-17(13,14-2)15-3/h4-9H,10H2,1-3H3/b11-9+. The molecule has 0 atom stereocenters. The van der Waals surface area contributed by atoms with Crippen LogP contribution in [0.4, 0.5) is 0 Å². The molecule has 0 aliphatic carbocycles. The van der Waals surface area contributed by atoms with Crippen molar-refractivity contribution < 1.29 is 18.1 Å². The summed E-state index contributed by atoms with van der Waals surface area (Å²) in [5, 5.41) is 0. The van der Waals surface area contributed by atoms with Crippen LogP contribution in [0.2, 0.25) is 0 Å². The van der Waals surface area contributed by atoms with Gasteiger partial charge < -0.3 is 0 Å². The lowest BCUT2D eigenvalue weighted by molar-refractivity contribution is 0.162. The van der Waals surface area contributed by atoms with Crippen molar-refractivity contribution in [2.24, 2.45) is 0 Å². The molecule has 5 heteroatoms. The molecular weight excluding hydrogens is 239 g/mol. The molecule has 1 rings (SSSR count). The summed E-state index contributed by atoms with van der Waals surface area (Å²) in [4.78, 5) is 0. The second-order valence-corrected chi connectivity index (χ2v) is 5.37. The Labute approximate surface area is 102 Å². The highest BCUT2D eigenvalue weighted by molar-refractivity contribution is 7.48. The Morgan fingerprint density at radius 1 is 1.24 bits per heavy atom. The van der Waals surface area contributed by atoms with Crippen LogP contribution in [-0.2, 0) is 18.1 Å². The van der Waals surface area contributed by atoms with E-state index in [9.17, 15) is 4.57 Å². The van der Waals surface area contributed by atoms with Crippen LogP contribution in [0, 0.1) is 0 Å². The van der Waals surface area contributed by atoms with Crippen molar-refractivity contribution in [2.75, 3.05) is 20.8 Å². The van der Waals surface area contributed by atoms with E-state index in [0.717, 1.165) is 11.1 Å². The van der Waals surface area contributed by atoms with E-state index in [4.69, 9.17) is 4.52 Å². The zero-order valence-electron chi connectivity index (χ0n) is 10.3. The maximum absolute atomic E-state index is 11.6. The van der Waals surface area contributed by atoms with Crippen LogP contribution < -0.4 is 0 Å². The minimum absolute atomic E-state index is 0.202. The SMILES string of the molecule is COP(=O)(OC)OC/C(C)=C/c1ccccc1. The first-order valence-corrected chi connectivity index (χ1v) is 6.64. The monoisotopic (exact) mass is 256 g/mol. The van der Waals surface area contributed by atoms with Crippen molar-refractivity contribution in [1.29, 1.82) is 0 Å². The van der Waals surface area contributed by atoms with Gasteiger partial charge in [-0.3, -0.25) is 13.6 Å². The van der Waals surface area contributed by atoms with Crippen molar-refractivity contribution in [2.45, 2.75) is 6.92 Å². The van der Waals surface area contributed by atoms with Gasteiger partial charge in [-0.25, -0.2) is 4.57 Å². The number of hydrogen-bond acceptors (Lipinski definition) is 4. The van der Waals surface area contributed by atoms with Crippen molar-refractivity contribution in [3.05, 3.63) is 41.5 Å². The highest BCUT2D eigenvalue weighted by Gasteiger charge is 2.22. The number of phosphoric acid groups is 1. The Hall–Kier alpha value is -0.930. The van der Waals surface area contributed by atoms with Gasteiger partial charge in [0.1, 0.15) is 0 Å². The maximum atomic E-state index is 11.6. The van der Waals surface area contributed by atoms with E-state index in [1.54, 1.807) is 0 Å². The van der Waals surface area contributed by atoms with Gasteiger partial charge in [0.2, 0.25) is 0 Å². The molecule has 94 valence electrons. The van der Waals surface area contributed by atoms with Gasteiger partial charge in [0.05, 0.1) is 6.61 Å². The molecule has 17 heavy (non-hydrogen) atoms. The average molecular weight is 256 g/mol. The number of phosphoric ester groups is 1. The van der Waals surface area contributed by atoms with Gasteiger partial charge in [0.15, 0.2) is 0 Å². The molecule has 0 bridgehead atoms. The van der Waals surface area contributed by atoms with Gasteiger partial charge in [0, 0.05) is 14.2 Å². The molecule has 1 aromatic carbocycles. The van der Waals surface area contributed by atoms with Gasteiger partial charge in [-0.15, -0.1) is 0 Å². The van der Waals surface area contributed by atoms with Crippen LogP contribution in [0.15, 0.2) is 35.9 Å². The Kier molecular flexibility index (Phi) is 5.59. The highest BCUT2D eigenvalue weighted by Crippen LogP contribution is 2.47. The lowest BCUT2D eigenvalue weighted by Crippen LogP contribution is -1.98. The first-order valence-electron chi connectivity index (χ1n) is 5.18. The summed E-state index contributed by atoms with van der Waals surface area (Å²) >= 11 is 0. The van der Waals surface area contributed by atoms with E-state index in [0.29, 0.717) is 0 Å². The molecule has 0 aliphatic heterocycles. The lowest BCUT2D eigenvalue weighted by atomic mass is 10.1. The molecule has 0 fully saturated rings. The smallest absolute Gasteiger partial charge is 0.290 e. The summed E-state index contributed by atoms with van der Waals surface area (Å²) in [5.74, 6) is 0.